The summed E-state index contributed by atoms with van der Waals surface area (Å²) in [5, 5.41) is 9.44. The fourth-order valence-electron chi connectivity index (χ4n) is 1.59. The third-order valence-corrected chi connectivity index (χ3v) is 4.87. The number of rotatable bonds is 4. The van der Waals surface area contributed by atoms with Crippen molar-refractivity contribution in [3.05, 3.63) is 58.1 Å². The number of sulfonamides is 1. The Balaban J connectivity index is 2.19. The van der Waals surface area contributed by atoms with Crippen molar-refractivity contribution in [2.24, 2.45) is 0 Å². The molecule has 0 aliphatic heterocycles. The standard InChI is InChI=1S/C13H10Cl2N2O4S/c14-9-5-3-7-11(12(9)15)22(20,21)17-16-13(19)8-4-1-2-6-10(8)18/h1-7,17-18H,(H,16,19). The lowest BCUT2D eigenvalue weighted by Gasteiger charge is -2.10. The average molecular weight is 361 g/mol. The quantitative estimate of drug-likeness (QED) is 0.729. The molecule has 0 saturated carbocycles. The molecule has 3 N–H and O–H groups in total. The first-order valence-electron chi connectivity index (χ1n) is 5.87. The van der Waals surface area contributed by atoms with Crippen molar-refractivity contribution < 1.29 is 18.3 Å². The number of benzene rings is 2. The molecular weight excluding hydrogens is 351 g/mol. The van der Waals surface area contributed by atoms with Crippen LogP contribution in [-0.4, -0.2) is 19.4 Å². The fourth-order valence-corrected chi connectivity index (χ4v) is 3.19. The van der Waals surface area contributed by atoms with Crippen LogP contribution in [0, 0.1) is 0 Å². The van der Waals surface area contributed by atoms with Gasteiger partial charge in [0.15, 0.2) is 0 Å². The van der Waals surface area contributed by atoms with E-state index in [1.165, 1.54) is 42.5 Å². The van der Waals surface area contributed by atoms with E-state index in [0.717, 1.165) is 0 Å². The molecule has 2 aromatic rings. The molecule has 22 heavy (non-hydrogen) atoms. The fraction of sp³-hybridized carbons (Fsp3) is 0. The molecule has 9 heteroatoms. The van der Waals surface area contributed by atoms with E-state index in [4.69, 9.17) is 23.2 Å². The molecule has 2 rings (SSSR count). The molecule has 2 aromatic carbocycles. The highest BCUT2D eigenvalue weighted by molar-refractivity contribution is 7.89. The number of hydrogen-bond acceptors (Lipinski definition) is 4. The highest BCUT2D eigenvalue weighted by atomic mass is 35.5. The van der Waals surface area contributed by atoms with Crippen molar-refractivity contribution in [1.29, 1.82) is 0 Å². The van der Waals surface area contributed by atoms with Gasteiger partial charge >= 0.3 is 0 Å². The first-order valence-corrected chi connectivity index (χ1v) is 8.11. The highest BCUT2D eigenvalue weighted by Crippen LogP contribution is 2.28. The number of aromatic hydroxyl groups is 1. The second-order valence-corrected chi connectivity index (χ2v) is 6.56. The van der Waals surface area contributed by atoms with E-state index in [0.29, 0.717) is 0 Å². The van der Waals surface area contributed by atoms with Gasteiger partial charge in [-0.25, -0.2) is 8.42 Å². The van der Waals surface area contributed by atoms with Gasteiger partial charge in [-0.1, -0.05) is 41.4 Å². The summed E-state index contributed by atoms with van der Waals surface area (Å²) in [5.41, 5.74) is 1.91. The van der Waals surface area contributed by atoms with E-state index < -0.39 is 15.9 Å². The molecule has 116 valence electrons. The van der Waals surface area contributed by atoms with E-state index in [9.17, 15) is 18.3 Å². The maximum absolute atomic E-state index is 12.1. The molecule has 0 fully saturated rings. The second kappa shape index (κ2) is 6.53. The predicted molar refractivity (Wildman–Crippen MR) is 82.4 cm³/mol. The van der Waals surface area contributed by atoms with Gasteiger partial charge in [-0.15, -0.1) is 4.83 Å². The van der Waals surface area contributed by atoms with Crippen molar-refractivity contribution in [1.82, 2.24) is 10.3 Å². The molecule has 0 bridgehead atoms. The topological polar surface area (TPSA) is 95.5 Å². The Morgan fingerprint density at radius 3 is 2.41 bits per heavy atom. The van der Waals surface area contributed by atoms with E-state index in [-0.39, 0.29) is 26.3 Å². The summed E-state index contributed by atoms with van der Waals surface area (Å²) >= 11 is 11.6. The van der Waals surface area contributed by atoms with Crippen LogP contribution in [0.4, 0.5) is 0 Å². The second-order valence-electron chi connectivity index (χ2n) is 4.13. The minimum atomic E-state index is -4.11. The number of carbonyl (C=O) groups is 1. The number of nitrogens with one attached hydrogen (secondary N) is 2. The summed E-state index contributed by atoms with van der Waals surface area (Å²) in [6.07, 6.45) is 0. The Labute approximate surface area is 136 Å². The van der Waals surface area contributed by atoms with Crippen LogP contribution in [0.5, 0.6) is 5.75 Å². The molecule has 1 amide bonds. The smallest absolute Gasteiger partial charge is 0.269 e. The van der Waals surface area contributed by atoms with Crippen LogP contribution in [0.2, 0.25) is 10.0 Å². The van der Waals surface area contributed by atoms with E-state index >= 15 is 0 Å². The lowest BCUT2D eigenvalue weighted by Crippen LogP contribution is -2.41. The molecule has 0 unspecified atom stereocenters. The molecule has 0 atom stereocenters. The number of amides is 1. The minimum absolute atomic E-state index is 0.0663. The number of phenolic OH excluding ortho intramolecular Hbond substituents is 1. The predicted octanol–water partition coefficient (Wildman–Crippen LogP) is 2.32. The maximum Gasteiger partial charge on any atom is 0.269 e. The van der Waals surface area contributed by atoms with Crippen LogP contribution in [0.1, 0.15) is 10.4 Å². The first-order chi connectivity index (χ1) is 10.3. The number of hydrazine groups is 1. The number of halogens is 2. The van der Waals surface area contributed by atoms with Crippen molar-refractivity contribution in [3.8, 4) is 5.75 Å². The largest absolute Gasteiger partial charge is 0.507 e. The Morgan fingerprint density at radius 2 is 1.73 bits per heavy atom. The summed E-state index contributed by atoms with van der Waals surface area (Å²) < 4.78 is 24.2. The third-order valence-electron chi connectivity index (χ3n) is 2.65. The molecule has 6 nitrogen and oxygen atoms in total. The van der Waals surface area contributed by atoms with Gasteiger partial charge in [0, 0.05) is 0 Å². The molecule has 0 aliphatic carbocycles. The van der Waals surface area contributed by atoms with Crippen molar-refractivity contribution in [3.63, 3.8) is 0 Å². The van der Waals surface area contributed by atoms with Gasteiger partial charge in [0.05, 0.1) is 15.6 Å². The zero-order valence-electron chi connectivity index (χ0n) is 10.9. The van der Waals surface area contributed by atoms with Crippen molar-refractivity contribution in [2.75, 3.05) is 0 Å². The van der Waals surface area contributed by atoms with E-state index in [1.54, 1.807) is 0 Å². The number of phenols is 1. The van der Waals surface area contributed by atoms with Crippen LogP contribution in [0.3, 0.4) is 0 Å². The van der Waals surface area contributed by atoms with Gasteiger partial charge in [-0.05, 0) is 24.3 Å². The van der Waals surface area contributed by atoms with Gasteiger partial charge in [-0.3, -0.25) is 10.2 Å². The molecular formula is C13H10Cl2N2O4S. The SMILES string of the molecule is O=C(NNS(=O)(=O)c1cccc(Cl)c1Cl)c1ccccc1O. The van der Waals surface area contributed by atoms with Gasteiger partial charge in [-0.2, -0.15) is 0 Å². The summed E-state index contributed by atoms with van der Waals surface area (Å²) in [5.74, 6) is -1.10. The average Bonchev–Trinajstić information content (AvgIpc) is 2.48. The highest BCUT2D eigenvalue weighted by Gasteiger charge is 2.21. The number of para-hydroxylation sites is 1. The molecule has 0 saturated heterocycles. The Hall–Kier alpha value is -1.80. The van der Waals surface area contributed by atoms with Crippen molar-refractivity contribution >= 4 is 39.1 Å². The van der Waals surface area contributed by atoms with Crippen LogP contribution in [-0.2, 0) is 10.0 Å². The third kappa shape index (κ3) is 3.50. The normalized spacial score (nSPS) is 11.2. The molecule has 0 aliphatic rings. The minimum Gasteiger partial charge on any atom is -0.507 e. The van der Waals surface area contributed by atoms with E-state index in [2.05, 4.69) is 0 Å². The summed E-state index contributed by atoms with van der Waals surface area (Å²) in [4.78, 5) is 13.4. The summed E-state index contributed by atoms with van der Waals surface area (Å²) in [6.45, 7) is 0. The Kier molecular flexibility index (Phi) is 4.92. The lowest BCUT2D eigenvalue weighted by atomic mass is 10.2. The molecule has 0 aromatic heterocycles. The zero-order chi connectivity index (χ0) is 16.3. The monoisotopic (exact) mass is 360 g/mol. The van der Waals surface area contributed by atoms with Gasteiger partial charge in [0.25, 0.3) is 15.9 Å². The molecule has 0 radical (unpaired) electrons. The van der Waals surface area contributed by atoms with Gasteiger partial charge in [0.1, 0.15) is 10.6 Å². The van der Waals surface area contributed by atoms with Gasteiger partial charge in [0.2, 0.25) is 0 Å². The summed E-state index contributed by atoms with van der Waals surface area (Å²) in [6, 6.07) is 9.78. The van der Waals surface area contributed by atoms with E-state index in [1.807, 2.05) is 10.3 Å². The first kappa shape index (κ1) is 16.6. The molecule has 0 heterocycles. The zero-order valence-corrected chi connectivity index (χ0v) is 13.2. The maximum atomic E-state index is 12.1. The van der Waals surface area contributed by atoms with Crippen LogP contribution in [0.15, 0.2) is 47.4 Å². The number of hydrogen-bond donors (Lipinski definition) is 3. The van der Waals surface area contributed by atoms with Crippen LogP contribution < -0.4 is 10.3 Å². The number of carbonyl (C=O) groups excluding carboxylic acids is 1. The van der Waals surface area contributed by atoms with Crippen molar-refractivity contribution in [2.45, 2.75) is 4.90 Å². The van der Waals surface area contributed by atoms with Gasteiger partial charge < -0.3 is 5.11 Å². The Morgan fingerprint density at radius 1 is 1.05 bits per heavy atom. The van der Waals surface area contributed by atoms with Crippen LogP contribution in [0.25, 0.3) is 0 Å². The van der Waals surface area contributed by atoms with Crippen LogP contribution >= 0.6 is 23.2 Å². The summed E-state index contributed by atoms with van der Waals surface area (Å²) in [7, 11) is -4.11. The molecule has 0 spiro atoms. The Bertz CT molecular complexity index is 825. The lowest BCUT2D eigenvalue weighted by molar-refractivity contribution is 0.0942.